The summed E-state index contributed by atoms with van der Waals surface area (Å²) in [5.74, 6) is -0.200. The molecule has 1 fully saturated rings. The Bertz CT molecular complexity index is 422. The first kappa shape index (κ1) is 13.1. The standard InChI is InChI=1S/C13H21N3O2/c1-13(2,12(17)18-3)8-16-7-11(15-9-16)6-14-10-4-5-10/h7,9-10,14H,4-6,8H2,1-3H3. The second kappa shape index (κ2) is 5.10. The Hall–Kier alpha value is -1.36. The maximum Gasteiger partial charge on any atom is 0.313 e. The van der Waals surface area contributed by atoms with Gasteiger partial charge in [0.15, 0.2) is 0 Å². The largest absolute Gasteiger partial charge is 0.469 e. The number of rotatable bonds is 6. The van der Waals surface area contributed by atoms with Crippen LogP contribution in [0.4, 0.5) is 0 Å². The topological polar surface area (TPSA) is 56.2 Å². The molecule has 0 bridgehead atoms. The molecule has 1 aromatic rings. The third kappa shape index (κ3) is 3.32. The van der Waals surface area contributed by atoms with Crippen LogP contribution in [0.3, 0.4) is 0 Å². The zero-order chi connectivity index (χ0) is 13.2. The van der Waals surface area contributed by atoms with Gasteiger partial charge in [0.05, 0.1) is 24.5 Å². The van der Waals surface area contributed by atoms with E-state index in [4.69, 9.17) is 4.74 Å². The molecular formula is C13H21N3O2. The van der Waals surface area contributed by atoms with Gasteiger partial charge in [0.1, 0.15) is 0 Å². The molecule has 0 radical (unpaired) electrons. The van der Waals surface area contributed by atoms with Crippen LogP contribution in [-0.2, 0) is 22.6 Å². The van der Waals surface area contributed by atoms with E-state index in [0.29, 0.717) is 12.6 Å². The Morgan fingerprint density at radius 2 is 2.33 bits per heavy atom. The van der Waals surface area contributed by atoms with Crippen molar-refractivity contribution in [3.8, 4) is 0 Å². The van der Waals surface area contributed by atoms with Crippen molar-refractivity contribution in [1.82, 2.24) is 14.9 Å². The van der Waals surface area contributed by atoms with Gasteiger partial charge in [-0.1, -0.05) is 0 Å². The number of methoxy groups -OCH3 is 1. The molecule has 0 spiro atoms. The number of esters is 1. The molecule has 100 valence electrons. The molecule has 5 heteroatoms. The average Bonchev–Trinajstić information content (AvgIpc) is 3.06. The van der Waals surface area contributed by atoms with Crippen molar-refractivity contribution in [2.75, 3.05) is 7.11 Å². The minimum atomic E-state index is -0.531. The SMILES string of the molecule is COC(=O)C(C)(C)Cn1cnc(CNC2CC2)c1. The lowest BCUT2D eigenvalue weighted by Gasteiger charge is -2.21. The second-order valence-corrected chi connectivity index (χ2v) is 5.57. The van der Waals surface area contributed by atoms with Gasteiger partial charge in [-0.3, -0.25) is 4.79 Å². The summed E-state index contributed by atoms with van der Waals surface area (Å²) in [4.78, 5) is 15.9. The fourth-order valence-electron chi connectivity index (χ4n) is 1.92. The quantitative estimate of drug-likeness (QED) is 0.775. The summed E-state index contributed by atoms with van der Waals surface area (Å²) in [6.07, 6.45) is 6.31. The number of carbonyl (C=O) groups is 1. The molecule has 0 atom stereocenters. The third-order valence-corrected chi connectivity index (χ3v) is 3.15. The van der Waals surface area contributed by atoms with E-state index < -0.39 is 5.41 Å². The zero-order valence-electron chi connectivity index (χ0n) is 11.3. The minimum Gasteiger partial charge on any atom is -0.469 e. The lowest BCUT2D eigenvalue weighted by Crippen LogP contribution is -2.30. The number of hydrogen-bond donors (Lipinski definition) is 1. The molecular weight excluding hydrogens is 230 g/mol. The molecule has 0 aromatic carbocycles. The zero-order valence-corrected chi connectivity index (χ0v) is 11.3. The van der Waals surface area contributed by atoms with Gasteiger partial charge in [0, 0.05) is 25.3 Å². The lowest BCUT2D eigenvalue weighted by atomic mass is 9.94. The fraction of sp³-hybridized carbons (Fsp3) is 0.692. The molecule has 2 rings (SSSR count). The van der Waals surface area contributed by atoms with Crippen LogP contribution in [0, 0.1) is 5.41 Å². The van der Waals surface area contributed by atoms with Crippen LogP contribution in [0.5, 0.6) is 0 Å². The highest BCUT2D eigenvalue weighted by molar-refractivity contribution is 5.75. The van der Waals surface area contributed by atoms with E-state index in [-0.39, 0.29) is 5.97 Å². The van der Waals surface area contributed by atoms with Crippen molar-refractivity contribution in [3.05, 3.63) is 18.2 Å². The maximum atomic E-state index is 11.6. The maximum absolute atomic E-state index is 11.6. The Labute approximate surface area is 108 Å². The van der Waals surface area contributed by atoms with E-state index in [0.717, 1.165) is 12.2 Å². The number of imidazole rings is 1. The van der Waals surface area contributed by atoms with E-state index >= 15 is 0 Å². The van der Waals surface area contributed by atoms with Gasteiger partial charge in [0.25, 0.3) is 0 Å². The van der Waals surface area contributed by atoms with Crippen LogP contribution < -0.4 is 5.32 Å². The van der Waals surface area contributed by atoms with Gasteiger partial charge in [-0.2, -0.15) is 0 Å². The molecule has 18 heavy (non-hydrogen) atoms. The first-order valence-corrected chi connectivity index (χ1v) is 6.34. The van der Waals surface area contributed by atoms with Crippen molar-refractivity contribution in [2.45, 2.75) is 45.8 Å². The van der Waals surface area contributed by atoms with Gasteiger partial charge in [0.2, 0.25) is 0 Å². The number of hydrogen-bond acceptors (Lipinski definition) is 4. The summed E-state index contributed by atoms with van der Waals surface area (Å²) < 4.78 is 6.74. The highest BCUT2D eigenvalue weighted by Crippen LogP contribution is 2.21. The van der Waals surface area contributed by atoms with Gasteiger partial charge in [-0.05, 0) is 26.7 Å². The van der Waals surface area contributed by atoms with Crippen molar-refractivity contribution in [3.63, 3.8) is 0 Å². The highest BCUT2D eigenvalue weighted by atomic mass is 16.5. The van der Waals surface area contributed by atoms with Crippen LogP contribution in [0.2, 0.25) is 0 Å². The lowest BCUT2D eigenvalue weighted by molar-refractivity contribution is -0.151. The number of nitrogens with one attached hydrogen (secondary N) is 1. The van der Waals surface area contributed by atoms with E-state index in [1.54, 1.807) is 6.33 Å². The van der Waals surface area contributed by atoms with Gasteiger partial charge in [-0.25, -0.2) is 4.98 Å². The third-order valence-electron chi connectivity index (χ3n) is 3.15. The number of carbonyl (C=O) groups excluding carboxylic acids is 1. The molecule has 0 unspecified atom stereocenters. The predicted molar refractivity (Wildman–Crippen MR) is 67.9 cm³/mol. The molecule has 0 amide bonds. The van der Waals surface area contributed by atoms with Crippen LogP contribution in [-0.4, -0.2) is 28.7 Å². The molecule has 5 nitrogen and oxygen atoms in total. The summed E-state index contributed by atoms with van der Waals surface area (Å²) in [7, 11) is 1.42. The monoisotopic (exact) mass is 251 g/mol. The molecule has 1 saturated carbocycles. The van der Waals surface area contributed by atoms with E-state index in [9.17, 15) is 4.79 Å². The molecule has 1 aromatic heterocycles. The number of ether oxygens (including phenoxy) is 1. The molecule has 0 aliphatic heterocycles. The van der Waals surface area contributed by atoms with Crippen molar-refractivity contribution in [2.24, 2.45) is 5.41 Å². The Kier molecular flexibility index (Phi) is 3.71. The van der Waals surface area contributed by atoms with Crippen molar-refractivity contribution in [1.29, 1.82) is 0 Å². The van der Waals surface area contributed by atoms with Crippen molar-refractivity contribution >= 4 is 5.97 Å². The Morgan fingerprint density at radius 3 is 2.94 bits per heavy atom. The molecule has 1 heterocycles. The van der Waals surface area contributed by atoms with Crippen LogP contribution in [0.1, 0.15) is 32.4 Å². The summed E-state index contributed by atoms with van der Waals surface area (Å²) >= 11 is 0. The van der Waals surface area contributed by atoms with Crippen LogP contribution in [0.15, 0.2) is 12.5 Å². The summed E-state index contributed by atoms with van der Waals surface area (Å²) in [6.45, 7) is 5.13. The summed E-state index contributed by atoms with van der Waals surface area (Å²) in [6, 6.07) is 0.682. The van der Waals surface area contributed by atoms with Gasteiger partial charge >= 0.3 is 5.97 Å². The van der Waals surface area contributed by atoms with Crippen LogP contribution in [0.25, 0.3) is 0 Å². The summed E-state index contributed by atoms with van der Waals surface area (Å²) in [5, 5.41) is 3.42. The fourth-order valence-corrected chi connectivity index (χ4v) is 1.92. The molecule has 1 aliphatic rings. The average molecular weight is 251 g/mol. The van der Waals surface area contributed by atoms with E-state index in [1.165, 1.54) is 20.0 Å². The van der Waals surface area contributed by atoms with Crippen molar-refractivity contribution < 1.29 is 9.53 Å². The molecule has 1 N–H and O–H groups in total. The highest BCUT2D eigenvalue weighted by Gasteiger charge is 2.29. The van der Waals surface area contributed by atoms with Gasteiger partial charge < -0.3 is 14.6 Å². The minimum absolute atomic E-state index is 0.200. The first-order valence-electron chi connectivity index (χ1n) is 6.34. The number of nitrogens with zero attached hydrogens (tertiary/aromatic N) is 2. The van der Waals surface area contributed by atoms with Gasteiger partial charge in [-0.15, -0.1) is 0 Å². The Morgan fingerprint density at radius 1 is 1.61 bits per heavy atom. The summed E-state index contributed by atoms with van der Waals surface area (Å²) in [5.41, 5.74) is 0.485. The Balaban J connectivity index is 1.90. The van der Waals surface area contributed by atoms with Crippen LogP contribution >= 0.6 is 0 Å². The molecule has 0 saturated heterocycles. The van der Waals surface area contributed by atoms with E-state index in [1.807, 2.05) is 24.6 Å². The molecule has 1 aliphatic carbocycles. The predicted octanol–water partition coefficient (Wildman–Crippen LogP) is 1.33. The second-order valence-electron chi connectivity index (χ2n) is 5.57. The normalized spacial score (nSPS) is 15.7. The smallest absolute Gasteiger partial charge is 0.313 e. The first-order chi connectivity index (χ1) is 8.51. The number of aromatic nitrogens is 2. The van der Waals surface area contributed by atoms with E-state index in [2.05, 4.69) is 10.3 Å².